The molecule has 9 heteroatoms. The fourth-order valence-electron chi connectivity index (χ4n) is 0.645. The molecule has 0 amide bonds. The van der Waals surface area contributed by atoms with Gasteiger partial charge in [-0.05, 0) is 0 Å². The van der Waals surface area contributed by atoms with Crippen molar-refractivity contribution in [3.8, 4) is 12.3 Å². The lowest BCUT2D eigenvalue weighted by Gasteiger charge is -2.12. The topological polar surface area (TPSA) is 96.0 Å². The van der Waals surface area contributed by atoms with Crippen molar-refractivity contribution in [2.24, 2.45) is 0 Å². The van der Waals surface area contributed by atoms with E-state index in [9.17, 15) is 17.8 Å². The maximum absolute atomic E-state index is 11.4. The van der Waals surface area contributed by atoms with Gasteiger partial charge in [0.2, 0.25) is 13.9 Å². The van der Waals surface area contributed by atoms with Crippen molar-refractivity contribution in [3.05, 3.63) is 0 Å². The van der Waals surface area contributed by atoms with Crippen LogP contribution < -0.4 is 0 Å². The van der Waals surface area contributed by atoms with E-state index in [1.54, 1.807) is 0 Å². The number of hydrogen-bond acceptors (Lipinski definition) is 7. The van der Waals surface area contributed by atoms with E-state index < -0.39 is 30.0 Å². The van der Waals surface area contributed by atoms with Crippen LogP contribution in [0.15, 0.2) is 0 Å². The van der Waals surface area contributed by atoms with Crippen molar-refractivity contribution in [1.29, 1.82) is 0 Å². The average molecular weight is 270 g/mol. The molecule has 0 bridgehead atoms. The molecule has 0 aromatic carbocycles. The predicted molar refractivity (Wildman–Crippen MR) is 55.5 cm³/mol. The third kappa shape index (κ3) is 5.88. The van der Waals surface area contributed by atoms with Crippen molar-refractivity contribution in [3.63, 3.8) is 0 Å². The summed E-state index contributed by atoms with van der Waals surface area (Å²) < 4.78 is 46.0. The van der Waals surface area contributed by atoms with E-state index in [4.69, 9.17) is 6.42 Å². The first-order chi connectivity index (χ1) is 7.31. The first-order valence-corrected chi connectivity index (χ1v) is 7.09. The van der Waals surface area contributed by atoms with Gasteiger partial charge >= 0.3 is 5.97 Å². The van der Waals surface area contributed by atoms with E-state index in [-0.39, 0.29) is 6.61 Å². The van der Waals surface area contributed by atoms with Gasteiger partial charge in [-0.15, -0.1) is 6.42 Å². The van der Waals surface area contributed by atoms with Crippen LogP contribution in [0.2, 0.25) is 0 Å². The molecule has 0 saturated heterocycles. The fourth-order valence-corrected chi connectivity index (χ4v) is 2.60. The summed E-state index contributed by atoms with van der Waals surface area (Å²) in [6, 6.07) is 0. The molecule has 7 nitrogen and oxygen atoms in total. The van der Waals surface area contributed by atoms with Crippen molar-refractivity contribution >= 4 is 24.1 Å². The van der Waals surface area contributed by atoms with Crippen molar-refractivity contribution in [2.75, 3.05) is 20.0 Å². The molecule has 0 fully saturated rings. The number of carbonyl (C=O) groups is 1. The molecule has 0 aromatic heterocycles. The Bertz CT molecular complexity index is 407. The molecule has 92 valence electrons. The Balaban J connectivity index is 4.75. The number of terminal acetylenes is 1. The van der Waals surface area contributed by atoms with E-state index in [1.165, 1.54) is 0 Å². The van der Waals surface area contributed by atoms with Gasteiger partial charge in [-0.25, -0.2) is 8.98 Å². The zero-order valence-corrected chi connectivity index (χ0v) is 10.4. The van der Waals surface area contributed by atoms with Gasteiger partial charge in [0, 0.05) is 0 Å². The highest BCUT2D eigenvalue weighted by Crippen LogP contribution is 2.31. The molecular formula is C7H11O7PS. The SMILES string of the molecule is C#CCO[PH](=O)C(OS(C)(=O)=O)C(=O)OC. The van der Waals surface area contributed by atoms with Gasteiger partial charge in [0.15, 0.2) is 0 Å². The molecule has 2 atom stereocenters. The Hall–Kier alpha value is -0.870. The smallest absolute Gasteiger partial charge is 0.346 e. The van der Waals surface area contributed by atoms with Crippen molar-refractivity contribution < 1.29 is 31.2 Å². The lowest BCUT2D eigenvalue weighted by molar-refractivity contribution is -0.145. The molecule has 2 unspecified atom stereocenters. The highest BCUT2D eigenvalue weighted by atomic mass is 32.2. The first kappa shape index (κ1) is 15.1. The summed E-state index contributed by atoms with van der Waals surface area (Å²) in [7, 11) is -6.06. The average Bonchev–Trinajstić information content (AvgIpc) is 2.20. The Morgan fingerprint density at radius 3 is 2.50 bits per heavy atom. The largest absolute Gasteiger partial charge is 0.467 e. The number of hydrogen-bond donors (Lipinski definition) is 0. The Morgan fingerprint density at radius 1 is 1.56 bits per heavy atom. The van der Waals surface area contributed by atoms with Gasteiger partial charge < -0.3 is 9.26 Å². The molecule has 0 heterocycles. The Labute approximate surface area is 94.1 Å². The van der Waals surface area contributed by atoms with Crippen LogP contribution in [0.4, 0.5) is 0 Å². The van der Waals surface area contributed by atoms with Crippen LogP contribution in [-0.4, -0.2) is 40.2 Å². The lowest BCUT2D eigenvalue weighted by atomic mass is 10.7. The maximum atomic E-state index is 11.4. The summed E-state index contributed by atoms with van der Waals surface area (Å²) >= 11 is 0. The van der Waals surface area contributed by atoms with Gasteiger partial charge in [0.1, 0.15) is 6.61 Å². The molecule has 0 spiro atoms. The van der Waals surface area contributed by atoms with Crippen LogP contribution in [0.3, 0.4) is 0 Å². The summed E-state index contributed by atoms with van der Waals surface area (Å²) in [6.45, 7) is -0.321. The minimum absolute atomic E-state index is 0.321. The van der Waals surface area contributed by atoms with E-state index in [0.29, 0.717) is 6.26 Å². The second-order valence-electron chi connectivity index (χ2n) is 2.52. The summed E-state index contributed by atoms with van der Waals surface area (Å²) in [4.78, 5) is 11.1. The molecule has 0 saturated carbocycles. The van der Waals surface area contributed by atoms with Crippen LogP contribution in [0.5, 0.6) is 0 Å². The zero-order chi connectivity index (χ0) is 12.8. The number of esters is 1. The molecular weight excluding hydrogens is 259 g/mol. The van der Waals surface area contributed by atoms with Gasteiger partial charge in [0.25, 0.3) is 10.1 Å². The summed E-state index contributed by atoms with van der Waals surface area (Å²) in [5.41, 5.74) is 0. The van der Waals surface area contributed by atoms with Gasteiger partial charge in [0.05, 0.1) is 13.4 Å². The maximum Gasteiger partial charge on any atom is 0.346 e. The van der Waals surface area contributed by atoms with Crippen molar-refractivity contribution in [1.82, 2.24) is 0 Å². The summed E-state index contributed by atoms with van der Waals surface area (Å²) in [6.07, 6.45) is 5.55. The number of rotatable bonds is 6. The van der Waals surface area contributed by atoms with Gasteiger partial charge in [-0.1, -0.05) is 5.92 Å². The highest BCUT2D eigenvalue weighted by Gasteiger charge is 2.31. The third-order valence-electron chi connectivity index (χ3n) is 1.20. The Kier molecular flexibility index (Phi) is 6.29. The summed E-state index contributed by atoms with van der Waals surface area (Å²) in [5, 5.41) is 0. The minimum atomic E-state index is -3.96. The Morgan fingerprint density at radius 2 is 2.12 bits per heavy atom. The molecule has 0 radical (unpaired) electrons. The monoisotopic (exact) mass is 270 g/mol. The number of ether oxygens (including phenoxy) is 1. The second-order valence-corrected chi connectivity index (χ2v) is 5.57. The van der Waals surface area contributed by atoms with Crippen LogP contribution in [0, 0.1) is 12.3 Å². The van der Waals surface area contributed by atoms with Crippen LogP contribution in [0.25, 0.3) is 0 Å². The van der Waals surface area contributed by atoms with Gasteiger partial charge in [-0.3, -0.25) is 4.57 Å². The zero-order valence-electron chi connectivity index (χ0n) is 8.63. The normalized spacial score (nSPS) is 14.8. The second kappa shape index (κ2) is 6.66. The first-order valence-electron chi connectivity index (χ1n) is 3.88. The molecule has 0 aliphatic carbocycles. The van der Waals surface area contributed by atoms with E-state index in [1.807, 2.05) is 5.92 Å². The summed E-state index contributed by atoms with van der Waals surface area (Å²) in [5.74, 6) is -0.893. The quantitative estimate of drug-likeness (QED) is 0.280. The molecule has 0 rings (SSSR count). The molecule has 16 heavy (non-hydrogen) atoms. The molecule has 0 aromatic rings. The standard InChI is InChI=1S/C7H11O7PS/c1-4-5-13-15(9)7(6(8)12-2)14-16(3,10)11/h1,7,15H,5H2,2-3H3. The van der Waals surface area contributed by atoms with Crippen LogP contribution >= 0.6 is 8.03 Å². The van der Waals surface area contributed by atoms with Crippen molar-refractivity contribution in [2.45, 2.75) is 5.85 Å². The van der Waals surface area contributed by atoms with E-state index >= 15 is 0 Å². The predicted octanol–water partition coefficient (Wildman–Crippen LogP) is -0.414. The molecule has 0 aliphatic rings. The van der Waals surface area contributed by atoms with Crippen LogP contribution in [-0.2, 0) is 32.9 Å². The third-order valence-corrected chi connectivity index (χ3v) is 3.12. The lowest BCUT2D eigenvalue weighted by Crippen LogP contribution is -2.25. The minimum Gasteiger partial charge on any atom is -0.467 e. The van der Waals surface area contributed by atoms with E-state index in [2.05, 4.69) is 13.4 Å². The van der Waals surface area contributed by atoms with Crippen LogP contribution in [0.1, 0.15) is 0 Å². The van der Waals surface area contributed by atoms with Gasteiger partial charge in [-0.2, -0.15) is 8.42 Å². The van der Waals surface area contributed by atoms with E-state index in [0.717, 1.165) is 7.11 Å². The highest BCUT2D eigenvalue weighted by molar-refractivity contribution is 7.86. The fraction of sp³-hybridized carbons (Fsp3) is 0.571. The number of methoxy groups -OCH3 is 1. The number of carbonyl (C=O) groups excluding carboxylic acids is 1. The molecule has 0 N–H and O–H groups in total. The molecule has 0 aliphatic heterocycles.